The molecule has 8 nitrogen and oxygen atoms in total. The van der Waals surface area contributed by atoms with E-state index in [1.807, 2.05) is 6.07 Å². The first-order valence-electron chi connectivity index (χ1n) is 8.74. The molecule has 0 saturated heterocycles. The Kier molecular flexibility index (Phi) is 7.32. The number of benzene rings is 2. The second kappa shape index (κ2) is 9.90. The molecular weight excluding hydrogens is 374 g/mol. The van der Waals surface area contributed by atoms with E-state index in [1.165, 1.54) is 30.2 Å². The SMILES string of the molecule is COc1cc(/C=C/C(=O)N(C)[C@@H](C)c2cccc([N+](=O)[O-])c2)ccc1OCC#N. The first-order valence-corrected chi connectivity index (χ1v) is 8.74. The third-order valence-electron chi connectivity index (χ3n) is 4.39. The number of carbonyl (C=O) groups excluding carboxylic acids is 1. The Hall–Kier alpha value is -3.86. The number of rotatable bonds is 8. The molecule has 0 heterocycles. The maximum atomic E-state index is 12.5. The van der Waals surface area contributed by atoms with Gasteiger partial charge in [-0.3, -0.25) is 14.9 Å². The fraction of sp³-hybridized carbons (Fsp3) is 0.238. The Labute approximate surface area is 168 Å². The van der Waals surface area contributed by atoms with E-state index < -0.39 is 4.92 Å². The van der Waals surface area contributed by atoms with Crippen LogP contribution in [0.15, 0.2) is 48.5 Å². The zero-order valence-electron chi connectivity index (χ0n) is 16.4. The van der Waals surface area contributed by atoms with Crippen molar-refractivity contribution < 1.29 is 19.2 Å². The Morgan fingerprint density at radius 3 is 2.72 bits per heavy atom. The number of nitro groups is 1. The van der Waals surface area contributed by atoms with Crippen molar-refractivity contribution in [1.82, 2.24) is 4.90 Å². The van der Waals surface area contributed by atoms with Gasteiger partial charge in [-0.1, -0.05) is 18.2 Å². The normalized spacial score (nSPS) is 11.5. The summed E-state index contributed by atoms with van der Waals surface area (Å²) in [7, 11) is 3.12. The van der Waals surface area contributed by atoms with Crippen LogP contribution in [-0.4, -0.2) is 36.5 Å². The minimum absolute atomic E-state index is 0.0171. The van der Waals surface area contributed by atoms with E-state index >= 15 is 0 Å². The molecule has 0 unspecified atom stereocenters. The molecule has 0 fully saturated rings. The lowest BCUT2D eigenvalue weighted by Crippen LogP contribution is -2.28. The van der Waals surface area contributed by atoms with Crippen molar-refractivity contribution >= 4 is 17.7 Å². The van der Waals surface area contributed by atoms with Gasteiger partial charge in [-0.2, -0.15) is 5.26 Å². The molecule has 0 spiro atoms. The molecule has 1 atom stereocenters. The van der Waals surface area contributed by atoms with Crippen molar-refractivity contribution in [3.05, 3.63) is 69.8 Å². The molecule has 1 amide bonds. The summed E-state index contributed by atoms with van der Waals surface area (Å²) in [6, 6.07) is 12.9. The highest BCUT2D eigenvalue weighted by atomic mass is 16.6. The van der Waals surface area contributed by atoms with Crippen LogP contribution in [0.1, 0.15) is 24.1 Å². The van der Waals surface area contributed by atoms with Gasteiger partial charge in [0.25, 0.3) is 5.69 Å². The molecule has 2 rings (SSSR count). The molecule has 2 aromatic rings. The van der Waals surface area contributed by atoms with E-state index in [1.54, 1.807) is 50.4 Å². The number of nitriles is 1. The largest absolute Gasteiger partial charge is 0.493 e. The minimum Gasteiger partial charge on any atom is -0.493 e. The van der Waals surface area contributed by atoms with Gasteiger partial charge in [0, 0.05) is 25.3 Å². The first kappa shape index (κ1) is 21.4. The maximum absolute atomic E-state index is 12.5. The summed E-state index contributed by atoms with van der Waals surface area (Å²) in [5.41, 5.74) is 1.37. The van der Waals surface area contributed by atoms with Gasteiger partial charge < -0.3 is 14.4 Å². The van der Waals surface area contributed by atoms with Crippen LogP contribution in [0.25, 0.3) is 6.08 Å². The number of nitrogens with zero attached hydrogens (tertiary/aromatic N) is 3. The lowest BCUT2D eigenvalue weighted by molar-refractivity contribution is -0.384. The number of methoxy groups -OCH3 is 1. The van der Waals surface area contributed by atoms with Crippen molar-refractivity contribution in [2.75, 3.05) is 20.8 Å². The zero-order chi connectivity index (χ0) is 21.4. The van der Waals surface area contributed by atoms with Gasteiger partial charge in [0.1, 0.15) is 6.07 Å². The number of nitro benzene ring substituents is 1. The van der Waals surface area contributed by atoms with Crippen LogP contribution in [0.2, 0.25) is 0 Å². The van der Waals surface area contributed by atoms with Crippen molar-refractivity contribution in [3.8, 4) is 17.6 Å². The van der Waals surface area contributed by atoms with Gasteiger partial charge in [0.05, 0.1) is 18.1 Å². The van der Waals surface area contributed by atoms with E-state index in [4.69, 9.17) is 14.7 Å². The lowest BCUT2D eigenvalue weighted by atomic mass is 10.1. The van der Waals surface area contributed by atoms with E-state index in [0.717, 1.165) is 5.56 Å². The second-order valence-electron chi connectivity index (χ2n) is 6.17. The number of ether oxygens (including phenoxy) is 2. The topological polar surface area (TPSA) is 106 Å². The highest BCUT2D eigenvalue weighted by molar-refractivity contribution is 5.92. The summed E-state index contributed by atoms with van der Waals surface area (Å²) >= 11 is 0. The Balaban J connectivity index is 2.12. The summed E-state index contributed by atoms with van der Waals surface area (Å²) in [5, 5.41) is 19.6. The molecule has 0 aliphatic carbocycles. The van der Waals surface area contributed by atoms with Crippen LogP contribution in [0, 0.1) is 21.4 Å². The van der Waals surface area contributed by atoms with Crippen LogP contribution < -0.4 is 9.47 Å². The Bertz CT molecular complexity index is 965. The smallest absolute Gasteiger partial charge is 0.269 e. The molecule has 8 heteroatoms. The number of amides is 1. The average molecular weight is 395 g/mol. The quantitative estimate of drug-likeness (QED) is 0.383. The predicted octanol–water partition coefficient (Wildman–Crippen LogP) is 3.74. The number of non-ortho nitro benzene ring substituents is 1. The van der Waals surface area contributed by atoms with Crippen molar-refractivity contribution in [2.24, 2.45) is 0 Å². The third kappa shape index (κ3) is 5.56. The minimum atomic E-state index is -0.463. The Morgan fingerprint density at radius 2 is 2.07 bits per heavy atom. The fourth-order valence-corrected chi connectivity index (χ4v) is 2.61. The standard InChI is InChI=1S/C21H21N3O5/c1-15(17-5-4-6-18(14-17)24(26)27)23(2)21(25)10-8-16-7-9-19(29-12-11-22)20(13-16)28-3/h4-10,13-15H,12H2,1-3H3/b10-8+/t15-/m0/s1. The molecule has 0 N–H and O–H groups in total. The summed E-state index contributed by atoms with van der Waals surface area (Å²) in [5.74, 6) is 0.634. The molecule has 2 aromatic carbocycles. The average Bonchev–Trinajstić information content (AvgIpc) is 2.75. The third-order valence-corrected chi connectivity index (χ3v) is 4.39. The van der Waals surface area contributed by atoms with Crippen LogP contribution in [0.5, 0.6) is 11.5 Å². The zero-order valence-corrected chi connectivity index (χ0v) is 16.4. The summed E-state index contributed by atoms with van der Waals surface area (Å²) in [6.45, 7) is 1.71. The number of hydrogen-bond acceptors (Lipinski definition) is 6. The van der Waals surface area contributed by atoms with Gasteiger partial charge in [-0.15, -0.1) is 0 Å². The van der Waals surface area contributed by atoms with Gasteiger partial charge in [-0.25, -0.2) is 0 Å². The molecule has 0 bridgehead atoms. The van der Waals surface area contributed by atoms with E-state index in [2.05, 4.69) is 0 Å². The molecule has 29 heavy (non-hydrogen) atoms. The molecule has 0 saturated carbocycles. The van der Waals surface area contributed by atoms with E-state index in [0.29, 0.717) is 17.1 Å². The summed E-state index contributed by atoms with van der Waals surface area (Å²) < 4.78 is 10.5. The molecule has 0 aliphatic rings. The second-order valence-corrected chi connectivity index (χ2v) is 6.17. The molecule has 0 aromatic heterocycles. The van der Waals surface area contributed by atoms with E-state index in [-0.39, 0.29) is 24.2 Å². The Morgan fingerprint density at radius 1 is 1.31 bits per heavy atom. The lowest BCUT2D eigenvalue weighted by Gasteiger charge is -2.24. The predicted molar refractivity (Wildman–Crippen MR) is 107 cm³/mol. The molecule has 0 radical (unpaired) electrons. The van der Waals surface area contributed by atoms with Gasteiger partial charge in [0.2, 0.25) is 5.91 Å². The summed E-state index contributed by atoms with van der Waals surface area (Å²) in [4.78, 5) is 24.5. The highest BCUT2D eigenvalue weighted by Gasteiger charge is 2.17. The van der Waals surface area contributed by atoms with Crippen LogP contribution in [0.4, 0.5) is 5.69 Å². The monoisotopic (exact) mass is 395 g/mol. The van der Waals surface area contributed by atoms with Crippen LogP contribution in [-0.2, 0) is 4.79 Å². The van der Waals surface area contributed by atoms with E-state index in [9.17, 15) is 14.9 Å². The number of likely N-dealkylation sites (N-methyl/N-ethyl adjacent to an activating group) is 1. The van der Waals surface area contributed by atoms with Crippen molar-refractivity contribution in [2.45, 2.75) is 13.0 Å². The number of hydrogen-bond donors (Lipinski definition) is 0. The number of carbonyl (C=O) groups is 1. The highest BCUT2D eigenvalue weighted by Crippen LogP contribution is 2.29. The molecular formula is C21H21N3O5. The maximum Gasteiger partial charge on any atom is 0.269 e. The van der Waals surface area contributed by atoms with Crippen molar-refractivity contribution in [1.29, 1.82) is 5.26 Å². The molecule has 150 valence electrons. The first-order chi connectivity index (χ1) is 13.9. The van der Waals surface area contributed by atoms with Gasteiger partial charge in [-0.05, 0) is 36.3 Å². The van der Waals surface area contributed by atoms with Crippen LogP contribution >= 0.6 is 0 Å². The molecule has 0 aliphatic heterocycles. The van der Waals surface area contributed by atoms with Crippen LogP contribution in [0.3, 0.4) is 0 Å². The fourth-order valence-electron chi connectivity index (χ4n) is 2.61. The van der Waals surface area contributed by atoms with Gasteiger partial charge in [0.15, 0.2) is 18.1 Å². The summed E-state index contributed by atoms with van der Waals surface area (Å²) in [6.07, 6.45) is 3.05. The van der Waals surface area contributed by atoms with Gasteiger partial charge >= 0.3 is 0 Å². The van der Waals surface area contributed by atoms with Crippen molar-refractivity contribution in [3.63, 3.8) is 0 Å².